The highest BCUT2D eigenvalue weighted by Crippen LogP contribution is 2.46. The minimum atomic E-state index is -0.532. The molecule has 10 nitrogen and oxygen atoms in total. The monoisotopic (exact) mass is 436 g/mol. The van der Waals surface area contributed by atoms with E-state index in [9.17, 15) is 14.4 Å². The largest absolute Gasteiger partial charge is 0.495 e. The van der Waals surface area contributed by atoms with Crippen LogP contribution in [0.3, 0.4) is 0 Å². The number of nitrogens with one attached hydrogen (secondary N) is 1. The lowest BCUT2D eigenvalue weighted by Crippen LogP contribution is -2.28. The summed E-state index contributed by atoms with van der Waals surface area (Å²) >= 11 is 0. The van der Waals surface area contributed by atoms with E-state index in [1.54, 1.807) is 24.3 Å². The van der Waals surface area contributed by atoms with Crippen molar-refractivity contribution in [1.29, 1.82) is 0 Å². The zero-order valence-electron chi connectivity index (χ0n) is 17.4. The Bertz CT molecular complexity index is 1220. The van der Waals surface area contributed by atoms with Gasteiger partial charge >= 0.3 is 0 Å². The number of guanidine groups is 1. The number of nitrogens with zero attached hydrogens (tertiary/aromatic N) is 1. The number of nitrogens with two attached hydrogens (primary N) is 2. The first kappa shape index (κ1) is 20.9. The van der Waals surface area contributed by atoms with Crippen LogP contribution in [0.4, 0.5) is 0 Å². The molecule has 10 heteroatoms. The normalized spacial score (nSPS) is 12.2. The number of ketones is 2. The molecule has 0 saturated heterocycles. The molecule has 0 radical (unpaired) electrons. The third-order valence-electron chi connectivity index (χ3n) is 5.08. The van der Waals surface area contributed by atoms with Crippen LogP contribution < -0.4 is 26.3 Å². The van der Waals surface area contributed by atoms with Gasteiger partial charge in [0.05, 0.1) is 37.3 Å². The van der Waals surface area contributed by atoms with E-state index in [-0.39, 0.29) is 69.9 Å². The Hall–Kier alpha value is -4.34. The van der Waals surface area contributed by atoms with Crippen molar-refractivity contribution in [2.24, 2.45) is 16.5 Å². The molecule has 1 aromatic heterocycles. The molecule has 0 saturated carbocycles. The van der Waals surface area contributed by atoms with Crippen LogP contribution in [-0.2, 0) is 0 Å². The Kier molecular flexibility index (Phi) is 5.27. The van der Waals surface area contributed by atoms with Gasteiger partial charge < -0.3 is 30.7 Å². The van der Waals surface area contributed by atoms with Gasteiger partial charge in [0.25, 0.3) is 5.91 Å². The van der Waals surface area contributed by atoms with E-state index >= 15 is 0 Å². The van der Waals surface area contributed by atoms with Crippen LogP contribution >= 0.6 is 0 Å². The van der Waals surface area contributed by atoms with E-state index in [4.69, 9.17) is 25.4 Å². The summed E-state index contributed by atoms with van der Waals surface area (Å²) in [6.45, 7) is 0.362. The molecule has 2 aromatic carbocycles. The summed E-state index contributed by atoms with van der Waals surface area (Å²) in [6, 6.07) is 7.95. The molecule has 0 atom stereocenters. The van der Waals surface area contributed by atoms with Crippen molar-refractivity contribution in [3.05, 3.63) is 58.3 Å². The molecule has 0 fully saturated rings. The summed E-state index contributed by atoms with van der Waals surface area (Å²) < 4.78 is 16.7. The maximum atomic E-state index is 13.3. The summed E-state index contributed by atoms with van der Waals surface area (Å²) in [5.41, 5.74) is 11.3. The molecule has 0 unspecified atom stereocenters. The third kappa shape index (κ3) is 3.22. The van der Waals surface area contributed by atoms with Crippen molar-refractivity contribution >= 4 is 34.4 Å². The number of carbonyl (C=O) groups is 3. The minimum absolute atomic E-state index is 0.0367. The molecule has 3 aromatic rings. The Morgan fingerprint density at radius 3 is 2.19 bits per heavy atom. The van der Waals surface area contributed by atoms with Gasteiger partial charge in [-0.05, 0) is 0 Å². The number of ether oxygens (including phenoxy) is 2. The second-order valence-corrected chi connectivity index (χ2v) is 6.94. The van der Waals surface area contributed by atoms with Crippen LogP contribution in [-0.4, -0.2) is 50.7 Å². The molecule has 1 heterocycles. The van der Waals surface area contributed by atoms with Gasteiger partial charge in [0.1, 0.15) is 5.75 Å². The van der Waals surface area contributed by atoms with Gasteiger partial charge in [-0.15, -0.1) is 0 Å². The van der Waals surface area contributed by atoms with Crippen molar-refractivity contribution < 1.29 is 28.3 Å². The van der Waals surface area contributed by atoms with Gasteiger partial charge in [0.2, 0.25) is 0 Å². The van der Waals surface area contributed by atoms with Crippen LogP contribution in [0.5, 0.6) is 11.5 Å². The predicted molar refractivity (Wildman–Crippen MR) is 116 cm³/mol. The third-order valence-corrected chi connectivity index (χ3v) is 5.08. The van der Waals surface area contributed by atoms with E-state index in [0.717, 1.165) is 0 Å². The van der Waals surface area contributed by atoms with Gasteiger partial charge in [-0.1, -0.05) is 24.3 Å². The van der Waals surface area contributed by atoms with Crippen molar-refractivity contribution in [2.75, 3.05) is 27.3 Å². The number of rotatable bonds is 6. The molecule has 0 bridgehead atoms. The van der Waals surface area contributed by atoms with Gasteiger partial charge in [0, 0.05) is 23.7 Å². The van der Waals surface area contributed by atoms with E-state index in [2.05, 4.69) is 10.3 Å². The number of hydrogen-bond acceptors (Lipinski definition) is 7. The molecule has 1 aliphatic carbocycles. The summed E-state index contributed by atoms with van der Waals surface area (Å²) in [5.74, 6) is -1.26. The van der Waals surface area contributed by atoms with Crippen LogP contribution in [0.1, 0.15) is 42.4 Å². The van der Waals surface area contributed by atoms with Crippen molar-refractivity contribution in [3.63, 3.8) is 0 Å². The minimum Gasteiger partial charge on any atom is -0.495 e. The zero-order valence-corrected chi connectivity index (χ0v) is 17.4. The summed E-state index contributed by atoms with van der Waals surface area (Å²) in [7, 11) is 2.74. The highest BCUT2D eigenvalue weighted by Gasteiger charge is 2.38. The highest BCUT2D eigenvalue weighted by atomic mass is 16.5. The number of carbonyl (C=O) groups excluding carboxylic acids is 3. The Labute approximate surface area is 182 Å². The molecular formula is C22H20N4O6. The fourth-order valence-electron chi connectivity index (χ4n) is 3.75. The zero-order chi connectivity index (χ0) is 23.0. The van der Waals surface area contributed by atoms with Crippen LogP contribution in [0.15, 0.2) is 39.7 Å². The first-order valence-electron chi connectivity index (χ1n) is 9.62. The van der Waals surface area contributed by atoms with Gasteiger partial charge in [-0.2, -0.15) is 0 Å². The smallest absolute Gasteiger partial charge is 0.287 e. The maximum Gasteiger partial charge on any atom is 0.287 e. The summed E-state index contributed by atoms with van der Waals surface area (Å²) in [5, 5.41) is 2.96. The molecule has 0 aliphatic heterocycles. The molecule has 5 N–H and O–H groups in total. The van der Waals surface area contributed by atoms with Gasteiger partial charge in [-0.3, -0.25) is 19.4 Å². The highest BCUT2D eigenvalue weighted by molar-refractivity contribution is 6.32. The Morgan fingerprint density at radius 2 is 1.62 bits per heavy atom. The standard InChI is InChI=1S/C22H20N4O6/c1-30-18-12-9-13(21(29)25-7-8-26-22(23)24)32-19(12)20(31-2)15-14(18)16(27)10-5-3-4-6-11(10)17(15)28/h3-6,9H,7-8H2,1-2H3,(H,25,29)(H4,23,24,26). The van der Waals surface area contributed by atoms with E-state index in [0.29, 0.717) is 5.39 Å². The second-order valence-electron chi connectivity index (χ2n) is 6.94. The average Bonchev–Trinajstić information content (AvgIpc) is 3.23. The van der Waals surface area contributed by atoms with E-state index in [1.165, 1.54) is 20.3 Å². The first-order chi connectivity index (χ1) is 15.4. The number of furan rings is 1. The maximum absolute atomic E-state index is 13.3. The molecule has 0 spiro atoms. The van der Waals surface area contributed by atoms with Crippen molar-refractivity contribution in [1.82, 2.24) is 5.32 Å². The number of aliphatic imine (C=N–C) groups is 1. The molecule has 1 aliphatic rings. The molecule has 164 valence electrons. The lowest BCUT2D eigenvalue weighted by Gasteiger charge is -2.22. The number of methoxy groups -OCH3 is 2. The van der Waals surface area contributed by atoms with E-state index < -0.39 is 11.7 Å². The summed E-state index contributed by atoms with van der Waals surface area (Å²) in [6.07, 6.45) is 0. The fraction of sp³-hybridized carbons (Fsp3) is 0.182. The van der Waals surface area contributed by atoms with Gasteiger partial charge in [0.15, 0.2) is 34.6 Å². The summed E-state index contributed by atoms with van der Waals surface area (Å²) in [4.78, 5) is 42.9. The number of amides is 1. The van der Waals surface area contributed by atoms with Crippen molar-refractivity contribution in [3.8, 4) is 11.5 Å². The molecule has 32 heavy (non-hydrogen) atoms. The van der Waals surface area contributed by atoms with Crippen molar-refractivity contribution in [2.45, 2.75) is 0 Å². The number of benzene rings is 2. The fourth-order valence-corrected chi connectivity index (χ4v) is 3.75. The topological polar surface area (TPSA) is 159 Å². The number of fused-ring (bicyclic) bond motifs is 3. The van der Waals surface area contributed by atoms with Crippen LogP contribution in [0.25, 0.3) is 11.0 Å². The quantitative estimate of drug-likeness (QED) is 0.231. The number of hydrogen-bond donors (Lipinski definition) is 3. The Balaban J connectivity index is 1.86. The molecule has 1 amide bonds. The first-order valence-corrected chi connectivity index (χ1v) is 9.62. The van der Waals surface area contributed by atoms with Crippen LogP contribution in [0, 0.1) is 0 Å². The average molecular weight is 436 g/mol. The molecule has 4 rings (SSSR count). The van der Waals surface area contributed by atoms with Crippen LogP contribution in [0.2, 0.25) is 0 Å². The Morgan fingerprint density at radius 1 is 1.03 bits per heavy atom. The predicted octanol–water partition coefficient (Wildman–Crippen LogP) is 1.23. The van der Waals surface area contributed by atoms with E-state index in [1.807, 2.05) is 0 Å². The lowest BCUT2D eigenvalue weighted by atomic mass is 9.82. The lowest BCUT2D eigenvalue weighted by molar-refractivity contribution is 0.0928. The SMILES string of the molecule is COc1c2c(c(OC)c3oc(C(=O)NCCN=C(N)N)cc13)C(=O)c1ccccc1C2=O. The molecular weight excluding hydrogens is 416 g/mol. The second kappa shape index (κ2) is 8.06. The van der Waals surface area contributed by atoms with Gasteiger partial charge in [-0.25, -0.2) is 0 Å².